The summed E-state index contributed by atoms with van der Waals surface area (Å²) in [7, 11) is 0. The summed E-state index contributed by atoms with van der Waals surface area (Å²) in [5.41, 5.74) is 8.33. The Hall–Kier alpha value is -2.71. The Morgan fingerprint density at radius 2 is 1.83 bits per heavy atom. The highest BCUT2D eigenvalue weighted by atomic mass is 32.1. The third-order valence-corrected chi connectivity index (χ3v) is 5.15. The van der Waals surface area contributed by atoms with Crippen LogP contribution < -0.4 is 11.1 Å². The van der Waals surface area contributed by atoms with Gasteiger partial charge in [0.05, 0.1) is 19.7 Å². The number of carbonyl (C=O) groups is 3. The lowest BCUT2D eigenvalue weighted by Crippen LogP contribution is -2.41. The molecule has 1 aromatic carbocycles. The number of anilines is 1. The molecule has 0 fully saturated rings. The van der Waals surface area contributed by atoms with Gasteiger partial charge in [0.25, 0.3) is 0 Å². The molecular formula is C22H29N3O4S. The highest BCUT2D eigenvalue weighted by Crippen LogP contribution is 2.36. The van der Waals surface area contributed by atoms with Crippen LogP contribution in [0.25, 0.3) is 11.1 Å². The number of primary amides is 1. The summed E-state index contributed by atoms with van der Waals surface area (Å²) in [4.78, 5) is 38.3. The molecule has 0 atom stereocenters. The number of esters is 1. The molecule has 3 N–H and O–H groups in total. The van der Waals surface area contributed by atoms with Crippen LogP contribution in [0.4, 0.5) is 5.00 Å². The topological polar surface area (TPSA) is 102 Å². The second kappa shape index (κ2) is 10.9. The molecule has 2 amide bonds. The van der Waals surface area contributed by atoms with E-state index >= 15 is 0 Å². The number of nitrogens with one attached hydrogen (secondary N) is 1. The van der Waals surface area contributed by atoms with E-state index in [2.05, 4.69) is 5.32 Å². The molecule has 0 aliphatic carbocycles. The van der Waals surface area contributed by atoms with Crippen LogP contribution in [0.2, 0.25) is 0 Å². The number of rotatable bonds is 10. The van der Waals surface area contributed by atoms with Crippen molar-refractivity contribution in [2.24, 2.45) is 11.7 Å². The lowest BCUT2D eigenvalue weighted by Gasteiger charge is -2.22. The van der Waals surface area contributed by atoms with Crippen molar-refractivity contribution in [3.63, 3.8) is 0 Å². The largest absolute Gasteiger partial charge is 0.462 e. The predicted molar refractivity (Wildman–Crippen MR) is 120 cm³/mol. The lowest BCUT2D eigenvalue weighted by atomic mass is 10.0. The number of nitrogens with two attached hydrogens (primary N) is 1. The normalized spacial score (nSPS) is 11.0. The maximum atomic E-state index is 12.7. The minimum Gasteiger partial charge on any atom is -0.462 e. The molecule has 0 spiro atoms. The van der Waals surface area contributed by atoms with Crippen molar-refractivity contribution >= 4 is 34.1 Å². The zero-order chi connectivity index (χ0) is 22.3. The predicted octanol–water partition coefficient (Wildman–Crippen LogP) is 3.28. The Kier molecular flexibility index (Phi) is 8.56. The van der Waals surface area contributed by atoms with Crippen LogP contribution in [0.1, 0.15) is 36.7 Å². The molecule has 1 heterocycles. The molecule has 0 saturated heterocycles. The molecule has 30 heavy (non-hydrogen) atoms. The number of carbonyl (C=O) groups excluding carboxylic acids is 3. The number of nitrogens with zero attached hydrogens (tertiary/aromatic N) is 1. The second-order valence-electron chi connectivity index (χ2n) is 7.52. The Labute approximate surface area is 181 Å². The molecule has 0 radical (unpaired) electrons. The van der Waals surface area contributed by atoms with Gasteiger partial charge in [-0.05, 0) is 25.3 Å². The second-order valence-corrected chi connectivity index (χ2v) is 8.40. The number of thiophene rings is 1. The number of amides is 2. The number of hydrogen-bond donors (Lipinski definition) is 2. The van der Waals surface area contributed by atoms with Crippen molar-refractivity contribution in [3.05, 3.63) is 40.8 Å². The van der Waals surface area contributed by atoms with Gasteiger partial charge in [-0.2, -0.15) is 0 Å². The van der Waals surface area contributed by atoms with E-state index in [0.29, 0.717) is 22.7 Å². The van der Waals surface area contributed by atoms with Gasteiger partial charge in [0.15, 0.2) is 0 Å². The average molecular weight is 432 g/mol. The van der Waals surface area contributed by atoms with Gasteiger partial charge in [0, 0.05) is 17.5 Å². The first-order valence-corrected chi connectivity index (χ1v) is 10.7. The third kappa shape index (κ3) is 6.67. The summed E-state index contributed by atoms with van der Waals surface area (Å²) in [6, 6.07) is 7.80. The van der Waals surface area contributed by atoms with Crippen LogP contribution in [0.3, 0.4) is 0 Å². The molecule has 1 aromatic heterocycles. The fraction of sp³-hybridized carbons (Fsp3) is 0.409. The van der Waals surface area contributed by atoms with Gasteiger partial charge in [-0.15, -0.1) is 11.3 Å². The standard InChI is InChI=1S/C22H29N3O4S/c1-5-29-22(28)20-17(16-8-6-15(4)7-9-16)13-30-21(20)24-19(27)12-25(10-14(2)3)11-18(23)26/h6-9,13-14H,5,10-12H2,1-4H3,(H2,23,26)(H,24,27). The molecule has 162 valence electrons. The molecule has 8 heteroatoms. The van der Waals surface area contributed by atoms with Crippen LogP contribution in [0, 0.1) is 12.8 Å². The number of hydrogen-bond acceptors (Lipinski definition) is 6. The van der Waals surface area contributed by atoms with E-state index in [4.69, 9.17) is 10.5 Å². The van der Waals surface area contributed by atoms with Crippen molar-refractivity contribution in [2.45, 2.75) is 27.7 Å². The summed E-state index contributed by atoms with van der Waals surface area (Å²) in [6.45, 7) is 8.51. The molecule has 7 nitrogen and oxygen atoms in total. The lowest BCUT2D eigenvalue weighted by molar-refractivity contribution is -0.121. The molecule has 0 aliphatic heterocycles. The van der Waals surface area contributed by atoms with E-state index in [9.17, 15) is 14.4 Å². The first-order chi connectivity index (χ1) is 14.2. The van der Waals surface area contributed by atoms with E-state index in [1.54, 1.807) is 11.8 Å². The van der Waals surface area contributed by atoms with E-state index < -0.39 is 11.9 Å². The Balaban J connectivity index is 2.27. The fourth-order valence-corrected chi connectivity index (χ4v) is 4.07. The van der Waals surface area contributed by atoms with E-state index in [1.165, 1.54) is 11.3 Å². The minimum absolute atomic E-state index is 0.00114. The summed E-state index contributed by atoms with van der Waals surface area (Å²) >= 11 is 1.27. The van der Waals surface area contributed by atoms with Crippen LogP contribution in [0.5, 0.6) is 0 Å². The summed E-state index contributed by atoms with van der Waals surface area (Å²) in [5.74, 6) is -1.03. The SMILES string of the molecule is CCOC(=O)c1c(-c2ccc(C)cc2)csc1NC(=O)CN(CC(N)=O)CC(C)C. The average Bonchev–Trinajstić information content (AvgIpc) is 3.04. The maximum Gasteiger partial charge on any atom is 0.341 e. The highest BCUT2D eigenvalue weighted by Gasteiger charge is 2.23. The smallest absolute Gasteiger partial charge is 0.341 e. The van der Waals surface area contributed by atoms with Crippen molar-refractivity contribution in [1.82, 2.24) is 4.90 Å². The minimum atomic E-state index is -0.492. The van der Waals surface area contributed by atoms with Gasteiger partial charge >= 0.3 is 5.97 Å². The molecule has 2 rings (SSSR count). The quantitative estimate of drug-likeness (QED) is 0.562. The van der Waals surface area contributed by atoms with E-state index in [-0.39, 0.29) is 31.5 Å². The maximum absolute atomic E-state index is 12.7. The van der Waals surface area contributed by atoms with Gasteiger partial charge in [0.2, 0.25) is 11.8 Å². The first kappa shape index (κ1) is 23.6. The molecule has 0 unspecified atom stereocenters. The van der Waals surface area contributed by atoms with Crippen LogP contribution >= 0.6 is 11.3 Å². The van der Waals surface area contributed by atoms with Gasteiger partial charge < -0.3 is 15.8 Å². The van der Waals surface area contributed by atoms with Crippen molar-refractivity contribution in [3.8, 4) is 11.1 Å². The van der Waals surface area contributed by atoms with E-state index in [0.717, 1.165) is 11.1 Å². The first-order valence-electron chi connectivity index (χ1n) is 9.87. The molecule has 0 saturated carbocycles. The van der Waals surface area contributed by atoms with Crippen LogP contribution in [-0.2, 0) is 14.3 Å². The molecule has 0 aliphatic rings. The molecule has 0 bridgehead atoms. The Bertz CT molecular complexity index is 890. The zero-order valence-electron chi connectivity index (χ0n) is 17.9. The fourth-order valence-electron chi connectivity index (χ4n) is 3.09. The Morgan fingerprint density at radius 3 is 2.40 bits per heavy atom. The van der Waals surface area contributed by atoms with E-state index in [1.807, 2.05) is 50.4 Å². The summed E-state index contributed by atoms with van der Waals surface area (Å²) < 4.78 is 5.23. The number of benzene rings is 1. The van der Waals surface area contributed by atoms with Gasteiger partial charge in [-0.1, -0.05) is 43.7 Å². The van der Waals surface area contributed by atoms with Gasteiger partial charge in [-0.25, -0.2) is 4.79 Å². The number of aryl methyl sites for hydroxylation is 1. The van der Waals surface area contributed by atoms with Crippen LogP contribution in [-0.4, -0.2) is 48.9 Å². The summed E-state index contributed by atoms with van der Waals surface area (Å²) in [5, 5.41) is 5.08. The van der Waals surface area contributed by atoms with Crippen LogP contribution in [0.15, 0.2) is 29.6 Å². The molecular weight excluding hydrogens is 402 g/mol. The third-order valence-electron chi connectivity index (χ3n) is 4.26. The monoisotopic (exact) mass is 431 g/mol. The van der Waals surface area contributed by atoms with Crippen molar-refractivity contribution in [1.29, 1.82) is 0 Å². The zero-order valence-corrected chi connectivity index (χ0v) is 18.7. The van der Waals surface area contributed by atoms with Gasteiger partial charge in [0.1, 0.15) is 10.6 Å². The Morgan fingerprint density at radius 1 is 1.17 bits per heavy atom. The number of ether oxygens (including phenoxy) is 1. The summed E-state index contributed by atoms with van der Waals surface area (Å²) in [6.07, 6.45) is 0. The molecule has 2 aromatic rings. The van der Waals surface area contributed by atoms with Crippen molar-refractivity contribution in [2.75, 3.05) is 31.6 Å². The highest BCUT2D eigenvalue weighted by molar-refractivity contribution is 7.15. The van der Waals surface area contributed by atoms with Gasteiger partial charge in [-0.3, -0.25) is 14.5 Å². The van der Waals surface area contributed by atoms with Crippen molar-refractivity contribution < 1.29 is 19.1 Å².